The third-order valence-electron chi connectivity index (χ3n) is 2.46. The smallest absolute Gasteiger partial charge is 0.325 e. The molecule has 0 heterocycles. The molecule has 5 nitrogen and oxygen atoms in total. The van der Waals surface area contributed by atoms with E-state index in [-0.39, 0.29) is 19.1 Å². The van der Waals surface area contributed by atoms with E-state index < -0.39 is 5.97 Å². The van der Waals surface area contributed by atoms with Crippen molar-refractivity contribution in [3.63, 3.8) is 0 Å². The Balaban J connectivity index is 2.69. The van der Waals surface area contributed by atoms with Crippen molar-refractivity contribution in [1.29, 1.82) is 0 Å². The minimum Gasteiger partial charge on any atom is -0.465 e. The molecule has 0 unspecified atom stereocenters. The summed E-state index contributed by atoms with van der Waals surface area (Å²) in [5.41, 5.74) is 0.955. The van der Waals surface area contributed by atoms with Gasteiger partial charge in [0.2, 0.25) is 5.91 Å². The summed E-state index contributed by atoms with van der Waals surface area (Å²) in [7, 11) is 1.45. The van der Waals surface area contributed by atoms with Gasteiger partial charge >= 0.3 is 5.97 Å². The SMILES string of the molecule is CCOC(=O)CN(Cc1ccccc1)C(=O)COC. The number of esters is 1. The lowest BCUT2D eigenvalue weighted by molar-refractivity contribution is -0.150. The first-order valence-electron chi connectivity index (χ1n) is 6.13. The second kappa shape index (κ2) is 8.26. The fourth-order valence-electron chi connectivity index (χ4n) is 1.61. The molecule has 1 amide bonds. The molecule has 0 bridgehead atoms. The quantitative estimate of drug-likeness (QED) is 0.696. The predicted octanol–water partition coefficient (Wildman–Crippen LogP) is 1.22. The maximum Gasteiger partial charge on any atom is 0.325 e. The Morgan fingerprint density at radius 2 is 1.89 bits per heavy atom. The van der Waals surface area contributed by atoms with Gasteiger partial charge in [-0.25, -0.2) is 0 Å². The van der Waals surface area contributed by atoms with Gasteiger partial charge in [-0.1, -0.05) is 30.3 Å². The highest BCUT2D eigenvalue weighted by atomic mass is 16.5. The van der Waals surface area contributed by atoms with Crippen LogP contribution in [-0.2, 0) is 25.6 Å². The zero-order valence-corrected chi connectivity index (χ0v) is 11.3. The van der Waals surface area contributed by atoms with Crippen LogP contribution in [0.5, 0.6) is 0 Å². The zero-order chi connectivity index (χ0) is 14.1. The number of hydrogen-bond donors (Lipinski definition) is 0. The van der Waals surface area contributed by atoms with E-state index in [1.807, 2.05) is 30.3 Å². The Hall–Kier alpha value is -1.88. The normalized spacial score (nSPS) is 10.0. The summed E-state index contributed by atoms with van der Waals surface area (Å²) in [5, 5.41) is 0. The van der Waals surface area contributed by atoms with E-state index in [0.717, 1.165) is 5.56 Å². The van der Waals surface area contributed by atoms with E-state index in [2.05, 4.69) is 0 Å². The van der Waals surface area contributed by atoms with Crippen LogP contribution in [0, 0.1) is 0 Å². The van der Waals surface area contributed by atoms with Crippen LogP contribution >= 0.6 is 0 Å². The van der Waals surface area contributed by atoms with Crippen LogP contribution in [0.25, 0.3) is 0 Å². The number of carbonyl (C=O) groups is 2. The number of hydrogen-bond acceptors (Lipinski definition) is 4. The summed E-state index contributed by atoms with van der Waals surface area (Å²) < 4.78 is 9.69. The maximum atomic E-state index is 11.9. The summed E-state index contributed by atoms with van der Waals surface area (Å²) in [6.07, 6.45) is 0. The second-order valence-corrected chi connectivity index (χ2v) is 3.97. The molecule has 19 heavy (non-hydrogen) atoms. The van der Waals surface area contributed by atoms with Gasteiger partial charge < -0.3 is 14.4 Å². The third-order valence-corrected chi connectivity index (χ3v) is 2.46. The van der Waals surface area contributed by atoms with Crippen molar-refractivity contribution < 1.29 is 19.1 Å². The molecule has 104 valence electrons. The van der Waals surface area contributed by atoms with Gasteiger partial charge in [0, 0.05) is 13.7 Å². The van der Waals surface area contributed by atoms with Crippen LogP contribution < -0.4 is 0 Å². The van der Waals surface area contributed by atoms with Gasteiger partial charge in [0.15, 0.2) is 0 Å². The highest BCUT2D eigenvalue weighted by molar-refractivity contribution is 5.82. The summed E-state index contributed by atoms with van der Waals surface area (Å²) in [6.45, 7) is 2.28. The fraction of sp³-hybridized carbons (Fsp3) is 0.429. The molecule has 0 spiro atoms. The molecule has 5 heteroatoms. The number of nitrogens with zero attached hydrogens (tertiary/aromatic N) is 1. The van der Waals surface area contributed by atoms with E-state index in [0.29, 0.717) is 13.2 Å². The van der Waals surface area contributed by atoms with E-state index >= 15 is 0 Å². The molecule has 0 radical (unpaired) electrons. The molecule has 1 rings (SSSR count). The molecule has 0 aromatic heterocycles. The van der Waals surface area contributed by atoms with Crippen molar-refractivity contribution in [3.8, 4) is 0 Å². The largest absolute Gasteiger partial charge is 0.465 e. The predicted molar refractivity (Wildman–Crippen MR) is 70.4 cm³/mol. The molecule has 1 aromatic rings. The summed E-state index contributed by atoms with van der Waals surface area (Å²) >= 11 is 0. The third kappa shape index (κ3) is 5.52. The van der Waals surface area contributed by atoms with Crippen molar-refractivity contribution >= 4 is 11.9 Å². The minimum atomic E-state index is -0.414. The molecule has 1 aromatic carbocycles. The van der Waals surface area contributed by atoms with Gasteiger partial charge in [-0.05, 0) is 12.5 Å². The van der Waals surface area contributed by atoms with Crippen LogP contribution in [0.1, 0.15) is 12.5 Å². The van der Waals surface area contributed by atoms with Crippen molar-refractivity contribution in [3.05, 3.63) is 35.9 Å². The highest BCUT2D eigenvalue weighted by Gasteiger charge is 2.17. The topological polar surface area (TPSA) is 55.8 Å². The molecule has 0 saturated carbocycles. The molecular formula is C14H19NO4. The van der Waals surface area contributed by atoms with Gasteiger partial charge in [0.05, 0.1) is 6.61 Å². The Bertz CT molecular complexity index is 405. The lowest BCUT2D eigenvalue weighted by atomic mass is 10.2. The second-order valence-electron chi connectivity index (χ2n) is 3.97. The van der Waals surface area contributed by atoms with Crippen LogP contribution in [0.3, 0.4) is 0 Å². The Morgan fingerprint density at radius 1 is 1.21 bits per heavy atom. The highest BCUT2D eigenvalue weighted by Crippen LogP contribution is 2.05. The lowest BCUT2D eigenvalue weighted by Crippen LogP contribution is -2.38. The van der Waals surface area contributed by atoms with Crippen molar-refractivity contribution in [2.75, 3.05) is 26.9 Å². The lowest BCUT2D eigenvalue weighted by Gasteiger charge is -2.21. The molecule has 0 aliphatic carbocycles. The maximum absolute atomic E-state index is 11.9. The fourth-order valence-corrected chi connectivity index (χ4v) is 1.61. The number of carbonyl (C=O) groups excluding carboxylic acids is 2. The van der Waals surface area contributed by atoms with Gasteiger partial charge in [0.25, 0.3) is 0 Å². The summed E-state index contributed by atoms with van der Waals surface area (Å²) in [5.74, 6) is -0.651. The molecule has 0 atom stereocenters. The molecule has 0 N–H and O–H groups in total. The number of benzene rings is 1. The zero-order valence-electron chi connectivity index (χ0n) is 11.3. The number of ether oxygens (including phenoxy) is 2. The Morgan fingerprint density at radius 3 is 2.47 bits per heavy atom. The van der Waals surface area contributed by atoms with E-state index in [4.69, 9.17) is 9.47 Å². The van der Waals surface area contributed by atoms with Crippen molar-refractivity contribution in [1.82, 2.24) is 4.90 Å². The first kappa shape index (κ1) is 15.2. The number of methoxy groups -OCH3 is 1. The van der Waals surface area contributed by atoms with Gasteiger partial charge in [0.1, 0.15) is 13.2 Å². The van der Waals surface area contributed by atoms with Crippen molar-refractivity contribution in [2.45, 2.75) is 13.5 Å². The average Bonchev–Trinajstić information content (AvgIpc) is 2.40. The van der Waals surface area contributed by atoms with Crippen LogP contribution in [0.2, 0.25) is 0 Å². The Labute approximate surface area is 113 Å². The van der Waals surface area contributed by atoms with Crippen molar-refractivity contribution in [2.24, 2.45) is 0 Å². The molecular weight excluding hydrogens is 246 g/mol. The van der Waals surface area contributed by atoms with E-state index in [1.165, 1.54) is 12.0 Å². The van der Waals surface area contributed by atoms with Crippen LogP contribution in [-0.4, -0.2) is 43.6 Å². The van der Waals surface area contributed by atoms with Crippen LogP contribution in [0.15, 0.2) is 30.3 Å². The van der Waals surface area contributed by atoms with Gasteiger partial charge in [-0.2, -0.15) is 0 Å². The molecule has 0 aliphatic rings. The standard InChI is InChI=1S/C14H19NO4/c1-3-19-14(17)10-15(13(16)11-18-2)9-12-7-5-4-6-8-12/h4-8H,3,9-11H2,1-2H3. The van der Waals surface area contributed by atoms with Gasteiger partial charge in [-0.3, -0.25) is 9.59 Å². The minimum absolute atomic E-state index is 0.0494. The van der Waals surface area contributed by atoms with Gasteiger partial charge in [-0.15, -0.1) is 0 Å². The molecule has 0 fully saturated rings. The van der Waals surface area contributed by atoms with Crippen LogP contribution in [0.4, 0.5) is 0 Å². The molecule has 0 saturated heterocycles. The summed E-state index contributed by atoms with van der Waals surface area (Å²) in [6, 6.07) is 9.48. The average molecular weight is 265 g/mol. The van der Waals surface area contributed by atoms with E-state index in [1.54, 1.807) is 6.92 Å². The summed E-state index contributed by atoms with van der Waals surface area (Å²) in [4.78, 5) is 24.8. The number of amides is 1. The Kier molecular flexibility index (Phi) is 6.60. The van der Waals surface area contributed by atoms with E-state index in [9.17, 15) is 9.59 Å². The first-order valence-corrected chi connectivity index (χ1v) is 6.13. The number of rotatable bonds is 7. The first-order chi connectivity index (χ1) is 9.17. The monoisotopic (exact) mass is 265 g/mol. The molecule has 0 aliphatic heterocycles.